The third kappa shape index (κ3) is 4.34. The number of hydrogen-bond donors (Lipinski definition) is 1. The normalized spacial score (nSPS) is 18.4. The summed E-state index contributed by atoms with van der Waals surface area (Å²) in [5.41, 5.74) is 6.09. The Hall–Kier alpha value is -3.73. The van der Waals surface area contributed by atoms with Crippen molar-refractivity contribution in [1.82, 2.24) is 25.1 Å². The first-order valence-electron chi connectivity index (χ1n) is 12.5. The SMILES string of the molecule is Cc1cc(-c2cncc(C(NC3COC3)=C3CC3)c2)nc2c1C(=O)N(c1cnn(CC(F)(F)F)c1)C2(C)C. The van der Waals surface area contributed by atoms with Crippen molar-refractivity contribution < 1.29 is 22.7 Å². The largest absolute Gasteiger partial charge is 0.408 e. The highest BCUT2D eigenvalue weighted by Gasteiger charge is 2.47. The lowest BCUT2D eigenvalue weighted by atomic mass is 9.95. The van der Waals surface area contributed by atoms with E-state index in [1.54, 1.807) is 6.20 Å². The summed E-state index contributed by atoms with van der Waals surface area (Å²) >= 11 is 0. The molecular formula is C27H27F3N6O2. The van der Waals surface area contributed by atoms with Gasteiger partial charge in [-0.3, -0.25) is 19.4 Å². The minimum atomic E-state index is -4.41. The van der Waals surface area contributed by atoms with Crippen molar-refractivity contribution in [1.29, 1.82) is 0 Å². The van der Waals surface area contributed by atoms with Crippen LogP contribution in [0, 0.1) is 6.92 Å². The van der Waals surface area contributed by atoms with Crippen LogP contribution in [-0.2, 0) is 16.8 Å². The van der Waals surface area contributed by atoms with Crippen molar-refractivity contribution in [3.8, 4) is 11.3 Å². The summed E-state index contributed by atoms with van der Waals surface area (Å²) in [5, 5.41) is 7.42. The van der Waals surface area contributed by atoms with E-state index in [0.717, 1.165) is 39.9 Å². The molecule has 6 rings (SSSR count). The minimum absolute atomic E-state index is 0.290. The lowest BCUT2D eigenvalue weighted by molar-refractivity contribution is -0.142. The molecule has 0 spiro atoms. The molecule has 5 heterocycles. The number of nitrogens with one attached hydrogen (secondary N) is 1. The number of allylic oxidation sites excluding steroid dienone is 1. The van der Waals surface area contributed by atoms with Crippen LogP contribution in [0.4, 0.5) is 18.9 Å². The van der Waals surface area contributed by atoms with E-state index >= 15 is 0 Å². The molecule has 1 N–H and O–H groups in total. The van der Waals surface area contributed by atoms with Crippen LogP contribution in [0.3, 0.4) is 0 Å². The van der Waals surface area contributed by atoms with E-state index in [2.05, 4.69) is 21.5 Å². The first-order valence-corrected chi connectivity index (χ1v) is 12.5. The topological polar surface area (TPSA) is 85.2 Å². The van der Waals surface area contributed by atoms with Crippen molar-refractivity contribution in [3.63, 3.8) is 0 Å². The summed E-state index contributed by atoms with van der Waals surface area (Å²) < 4.78 is 44.7. The molecule has 2 fully saturated rings. The zero-order valence-electron chi connectivity index (χ0n) is 21.3. The quantitative estimate of drug-likeness (QED) is 0.508. The van der Waals surface area contributed by atoms with Gasteiger partial charge in [0, 0.05) is 35.4 Å². The number of nitrogens with zero attached hydrogens (tertiary/aromatic N) is 5. The number of aryl methyl sites for hydroxylation is 1. The molecule has 0 aromatic carbocycles. The number of carbonyl (C=O) groups is 1. The Kier molecular flexibility index (Phi) is 5.60. The summed E-state index contributed by atoms with van der Waals surface area (Å²) in [6.07, 6.45) is 3.82. The highest BCUT2D eigenvalue weighted by Crippen LogP contribution is 2.43. The van der Waals surface area contributed by atoms with Gasteiger partial charge in [0.1, 0.15) is 6.54 Å². The molecule has 38 heavy (non-hydrogen) atoms. The van der Waals surface area contributed by atoms with E-state index in [9.17, 15) is 18.0 Å². The summed E-state index contributed by atoms with van der Waals surface area (Å²) in [6, 6.07) is 4.21. The van der Waals surface area contributed by atoms with Crippen LogP contribution in [0.15, 0.2) is 42.5 Å². The highest BCUT2D eigenvalue weighted by molar-refractivity contribution is 6.12. The molecule has 0 bridgehead atoms. The number of rotatable bonds is 6. The molecule has 8 nitrogen and oxygen atoms in total. The number of carbonyl (C=O) groups excluding carboxylic acids is 1. The Balaban J connectivity index is 1.35. The maximum absolute atomic E-state index is 13.5. The van der Waals surface area contributed by atoms with Gasteiger partial charge < -0.3 is 10.1 Å². The lowest BCUT2D eigenvalue weighted by Gasteiger charge is -2.30. The first kappa shape index (κ1) is 24.6. The van der Waals surface area contributed by atoms with Crippen molar-refractivity contribution >= 4 is 17.3 Å². The van der Waals surface area contributed by atoms with Crippen LogP contribution in [0.1, 0.15) is 53.9 Å². The molecule has 198 valence electrons. The molecule has 1 amide bonds. The van der Waals surface area contributed by atoms with Crippen molar-refractivity contribution in [3.05, 3.63) is 64.9 Å². The van der Waals surface area contributed by atoms with Crippen molar-refractivity contribution in [2.24, 2.45) is 0 Å². The molecule has 11 heteroatoms. The number of amides is 1. The van der Waals surface area contributed by atoms with Crippen LogP contribution in [0.5, 0.6) is 0 Å². The number of hydrogen-bond acceptors (Lipinski definition) is 6. The molecule has 0 radical (unpaired) electrons. The maximum Gasteiger partial charge on any atom is 0.408 e. The van der Waals surface area contributed by atoms with Gasteiger partial charge in [-0.1, -0.05) is 0 Å². The molecule has 1 saturated heterocycles. The van der Waals surface area contributed by atoms with E-state index in [0.29, 0.717) is 41.9 Å². The third-order valence-electron chi connectivity index (χ3n) is 7.15. The predicted octanol–water partition coefficient (Wildman–Crippen LogP) is 4.60. The van der Waals surface area contributed by atoms with Crippen LogP contribution in [-0.4, -0.2) is 51.1 Å². The van der Waals surface area contributed by atoms with Gasteiger partial charge in [0.25, 0.3) is 5.91 Å². The second-order valence-corrected chi connectivity index (χ2v) is 10.6. The van der Waals surface area contributed by atoms with Gasteiger partial charge in [-0.15, -0.1) is 0 Å². The number of halogens is 3. The summed E-state index contributed by atoms with van der Waals surface area (Å²) in [4.78, 5) is 24.4. The van der Waals surface area contributed by atoms with E-state index in [1.165, 1.54) is 22.9 Å². The summed E-state index contributed by atoms with van der Waals surface area (Å²) in [5.74, 6) is -0.312. The zero-order chi connectivity index (χ0) is 26.8. The Morgan fingerprint density at radius 1 is 1.18 bits per heavy atom. The Morgan fingerprint density at radius 2 is 1.95 bits per heavy atom. The lowest BCUT2D eigenvalue weighted by Crippen LogP contribution is -2.45. The van der Waals surface area contributed by atoms with Gasteiger partial charge in [0.05, 0.1) is 53.6 Å². The standard InChI is InChI=1S/C27H27F3N6O2/c1-15-6-21(17-7-18(9-31-8-17)23(16-4-5-16)33-19-12-38-13-19)34-24-22(15)25(37)36(26(24,2)3)20-10-32-35(11-20)14-27(28,29)30/h6-11,19,33H,4-5,12-14H2,1-3H3. The number of aromatic nitrogens is 4. The fraction of sp³-hybridized carbons (Fsp3) is 0.407. The molecule has 3 aromatic rings. The molecule has 1 saturated carbocycles. The number of pyridine rings is 2. The van der Waals surface area contributed by atoms with Gasteiger partial charge >= 0.3 is 6.18 Å². The number of fused-ring (bicyclic) bond motifs is 1. The van der Waals surface area contributed by atoms with Crippen LogP contribution in [0.25, 0.3) is 17.0 Å². The molecule has 3 aromatic heterocycles. The Morgan fingerprint density at radius 3 is 2.61 bits per heavy atom. The second-order valence-electron chi connectivity index (χ2n) is 10.6. The molecule has 3 aliphatic rings. The second kappa shape index (κ2) is 8.65. The summed E-state index contributed by atoms with van der Waals surface area (Å²) in [6.45, 7) is 5.66. The Bertz CT molecular complexity index is 1470. The van der Waals surface area contributed by atoms with Gasteiger partial charge in [-0.25, -0.2) is 4.98 Å². The molecule has 2 aliphatic heterocycles. The Labute approximate surface area is 217 Å². The third-order valence-corrected chi connectivity index (χ3v) is 7.15. The van der Waals surface area contributed by atoms with Crippen molar-refractivity contribution in [2.75, 3.05) is 18.1 Å². The van der Waals surface area contributed by atoms with E-state index in [-0.39, 0.29) is 5.91 Å². The van der Waals surface area contributed by atoms with Gasteiger partial charge in [-0.05, 0) is 56.9 Å². The van der Waals surface area contributed by atoms with Crippen molar-refractivity contribution in [2.45, 2.75) is 57.9 Å². The molecular weight excluding hydrogens is 497 g/mol. The van der Waals surface area contributed by atoms with Gasteiger partial charge in [-0.2, -0.15) is 18.3 Å². The smallest absolute Gasteiger partial charge is 0.377 e. The van der Waals surface area contributed by atoms with Crippen LogP contribution >= 0.6 is 0 Å². The molecule has 0 atom stereocenters. The van der Waals surface area contributed by atoms with E-state index < -0.39 is 18.3 Å². The van der Waals surface area contributed by atoms with E-state index in [4.69, 9.17) is 9.72 Å². The summed E-state index contributed by atoms with van der Waals surface area (Å²) in [7, 11) is 0. The number of anilines is 1. The minimum Gasteiger partial charge on any atom is -0.377 e. The average Bonchev–Trinajstić information content (AvgIpc) is 3.52. The first-order chi connectivity index (χ1) is 18.0. The molecule has 1 aliphatic carbocycles. The van der Waals surface area contributed by atoms with E-state index in [1.807, 2.05) is 33.0 Å². The van der Waals surface area contributed by atoms with Crippen LogP contribution < -0.4 is 10.2 Å². The fourth-order valence-corrected chi connectivity index (χ4v) is 5.12. The molecule has 0 unspecified atom stereocenters. The number of alkyl halides is 3. The highest BCUT2D eigenvalue weighted by atomic mass is 19.4. The predicted molar refractivity (Wildman–Crippen MR) is 134 cm³/mol. The maximum atomic E-state index is 13.5. The van der Waals surface area contributed by atoms with Gasteiger partial charge in [0.2, 0.25) is 0 Å². The monoisotopic (exact) mass is 524 g/mol. The average molecular weight is 525 g/mol. The van der Waals surface area contributed by atoms with Gasteiger partial charge in [0.15, 0.2) is 0 Å². The van der Waals surface area contributed by atoms with Crippen LogP contribution in [0.2, 0.25) is 0 Å². The zero-order valence-corrected chi connectivity index (χ0v) is 21.3. The number of ether oxygens (including phenoxy) is 1. The fourth-order valence-electron chi connectivity index (χ4n) is 5.12.